The van der Waals surface area contributed by atoms with Crippen molar-refractivity contribution in [1.29, 1.82) is 5.26 Å². The first kappa shape index (κ1) is 22.3. The summed E-state index contributed by atoms with van der Waals surface area (Å²) in [6, 6.07) is 9.16. The van der Waals surface area contributed by atoms with Gasteiger partial charge in [0.25, 0.3) is 5.92 Å². The molecule has 0 aliphatic rings. The molecule has 0 radical (unpaired) electrons. The lowest BCUT2D eigenvalue weighted by Crippen LogP contribution is -2.13. The normalized spacial score (nSPS) is 11.4. The van der Waals surface area contributed by atoms with E-state index in [4.69, 9.17) is 9.47 Å². The van der Waals surface area contributed by atoms with Gasteiger partial charge in [-0.2, -0.15) is 5.26 Å². The maximum Gasteiger partial charge on any atom is 0.273 e. The molecule has 0 fully saturated rings. The lowest BCUT2D eigenvalue weighted by Gasteiger charge is -2.16. The standard InChI is InChI=1S/C22H21F3N4O2/c1-13-28-18-9-15(11-26)19(31-8-7-30-3)10-16(18)21(29-13)27-12-14-5-4-6-17(20(14)23)22(2,24)25/h4-6,9-10H,7-8,12H2,1-3H3,(H,27,28,29). The quantitative estimate of drug-likeness (QED) is 0.522. The summed E-state index contributed by atoms with van der Waals surface area (Å²) in [6.07, 6.45) is 0. The highest BCUT2D eigenvalue weighted by molar-refractivity contribution is 5.91. The van der Waals surface area contributed by atoms with Gasteiger partial charge in [0.15, 0.2) is 0 Å². The molecule has 9 heteroatoms. The van der Waals surface area contributed by atoms with E-state index in [1.807, 2.05) is 0 Å². The van der Waals surface area contributed by atoms with Gasteiger partial charge in [0.2, 0.25) is 0 Å². The van der Waals surface area contributed by atoms with Crippen molar-refractivity contribution in [2.24, 2.45) is 0 Å². The van der Waals surface area contributed by atoms with Crippen molar-refractivity contribution >= 4 is 16.7 Å². The molecule has 6 nitrogen and oxygen atoms in total. The lowest BCUT2D eigenvalue weighted by atomic mass is 10.0. The van der Waals surface area contributed by atoms with Crippen LogP contribution in [0.4, 0.5) is 19.0 Å². The van der Waals surface area contributed by atoms with Crippen LogP contribution in [0.2, 0.25) is 0 Å². The minimum absolute atomic E-state index is 0.0683. The van der Waals surface area contributed by atoms with E-state index < -0.39 is 17.3 Å². The molecule has 31 heavy (non-hydrogen) atoms. The van der Waals surface area contributed by atoms with Crippen LogP contribution in [0, 0.1) is 24.1 Å². The summed E-state index contributed by atoms with van der Waals surface area (Å²) in [5.74, 6) is -3.12. The Morgan fingerprint density at radius 2 is 1.97 bits per heavy atom. The zero-order chi connectivity index (χ0) is 22.6. The van der Waals surface area contributed by atoms with Crippen LogP contribution >= 0.6 is 0 Å². The highest BCUT2D eigenvalue weighted by Gasteiger charge is 2.29. The Kier molecular flexibility index (Phi) is 6.61. The van der Waals surface area contributed by atoms with E-state index in [2.05, 4.69) is 21.4 Å². The van der Waals surface area contributed by atoms with Crippen LogP contribution in [0.15, 0.2) is 30.3 Å². The number of nitrogens with zero attached hydrogens (tertiary/aromatic N) is 3. The summed E-state index contributed by atoms with van der Waals surface area (Å²) >= 11 is 0. The van der Waals surface area contributed by atoms with Gasteiger partial charge in [0, 0.05) is 31.5 Å². The van der Waals surface area contributed by atoms with Gasteiger partial charge >= 0.3 is 0 Å². The number of aromatic nitrogens is 2. The van der Waals surface area contributed by atoms with Crippen molar-refractivity contribution in [1.82, 2.24) is 9.97 Å². The van der Waals surface area contributed by atoms with Gasteiger partial charge in [0.05, 0.1) is 23.3 Å². The highest BCUT2D eigenvalue weighted by Crippen LogP contribution is 2.32. The Balaban J connectivity index is 1.97. The van der Waals surface area contributed by atoms with E-state index in [1.165, 1.54) is 19.2 Å². The molecular formula is C22H21F3N4O2. The third-order valence-electron chi connectivity index (χ3n) is 4.57. The van der Waals surface area contributed by atoms with Crippen molar-refractivity contribution in [2.75, 3.05) is 25.6 Å². The monoisotopic (exact) mass is 430 g/mol. The molecule has 2 aromatic carbocycles. The van der Waals surface area contributed by atoms with Crippen molar-refractivity contribution in [3.05, 3.63) is 58.7 Å². The molecule has 0 unspecified atom stereocenters. The second-order valence-corrected chi connectivity index (χ2v) is 6.96. The van der Waals surface area contributed by atoms with E-state index in [1.54, 1.807) is 19.1 Å². The Hall–Kier alpha value is -3.38. The van der Waals surface area contributed by atoms with E-state index >= 15 is 0 Å². The molecule has 0 aliphatic carbocycles. The smallest absolute Gasteiger partial charge is 0.273 e. The van der Waals surface area contributed by atoms with Crippen molar-refractivity contribution in [2.45, 2.75) is 26.3 Å². The number of rotatable bonds is 8. The number of alkyl halides is 2. The fourth-order valence-electron chi connectivity index (χ4n) is 3.08. The van der Waals surface area contributed by atoms with E-state index in [9.17, 15) is 18.4 Å². The minimum Gasteiger partial charge on any atom is -0.490 e. The number of aryl methyl sites for hydroxylation is 1. The second-order valence-electron chi connectivity index (χ2n) is 6.96. The van der Waals surface area contributed by atoms with Crippen LogP contribution in [0.3, 0.4) is 0 Å². The Morgan fingerprint density at radius 1 is 1.19 bits per heavy atom. The summed E-state index contributed by atoms with van der Waals surface area (Å²) < 4.78 is 52.4. The van der Waals surface area contributed by atoms with E-state index in [-0.39, 0.29) is 18.7 Å². The molecule has 3 aromatic rings. The lowest BCUT2D eigenvalue weighted by molar-refractivity contribution is 0.0136. The molecule has 0 saturated carbocycles. The van der Waals surface area contributed by atoms with E-state index in [0.29, 0.717) is 47.4 Å². The number of hydrogen-bond acceptors (Lipinski definition) is 6. The van der Waals surface area contributed by atoms with Gasteiger partial charge in [-0.1, -0.05) is 18.2 Å². The molecule has 1 heterocycles. The van der Waals surface area contributed by atoms with Crippen LogP contribution in [-0.4, -0.2) is 30.3 Å². The molecule has 0 amide bonds. The second kappa shape index (κ2) is 9.18. The first-order chi connectivity index (χ1) is 14.7. The molecule has 3 rings (SSSR count). The van der Waals surface area contributed by atoms with Crippen molar-refractivity contribution in [3.63, 3.8) is 0 Å². The van der Waals surface area contributed by atoms with Crippen molar-refractivity contribution in [3.8, 4) is 11.8 Å². The predicted octanol–water partition coefficient (Wildman–Crippen LogP) is 4.70. The number of nitriles is 1. The summed E-state index contributed by atoms with van der Waals surface area (Å²) in [5, 5.41) is 13.0. The third-order valence-corrected chi connectivity index (χ3v) is 4.57. The van der Waals surface area contributed by atoms with E-state index in [0.717, 1.165) is 6.07 Å². The Morgan fingerprint density at radius 3 is 2.65 bits per heavy atom. The first-order valence-electron chi connectivity index (χ1n) is 9.48. The number of nitrogens with one attached hydrogen (secondary N) is 1. The summed E-state index contributed by atoms with van der Waals surface area (Å²) in [4.78, 5) is 8.70. The number of anilines is 1. The predicted molar refractivity (Wildman–Crippen MR) is 110 cm³/mol. The summed E-state index contributed by atoms with van der Waals surface area (Å²) in [7, 11) is 1.54. The Labute approximate surface area is 177 Å². The summed E-state index contributed by atoms with van der Waals surface area (Å²) in [5.41, 5.74) is 0.216. The number of hydrogen-bond donors (Lipinski definition) is 1. The zero-order valence-corrected chi connectivity index (χ0v) is 17.3. The van der Waals surface area contributed by atoms with Crippen LogP contribution in [0.5, 0.6) is 5.75 Å². The van der Waals surface area contributed by atoms with Gasteiger partial charge in [-0.3, -0.25) is 0 Å². The highest BCUT2D eigenvalue weighted by atomic mass is 19.3. The van der Waals surface area contributed by atoms with Crippen LogP contribution < -0.4 is 10.1 Å². The molecule has 0 saturated heterocycles. The number of ether oxygens (including phenoxy) is 2. The van der Waals surface area contributed by atoms with Gasteiger partial charge in [0.1, 0.15) is 35.9 Å². The fourth-order valence-corrected chi connectivity index (χ4v) is 3.08. The fraction of sp³-hybridized carbons (Fsp3) is 0.318. The number of halogens is 3. The van der Waals surface area contributed by atoms with Gasteiger partial charge in [-0.15, -0.1) is 0 Å². The average molecular weight is 430 g/mol. The first-order valence-corrected chi connectivity index (χ1v) is 9.48. The average Bonchev–Trinajstić information content (AvgIpc) is 2.71. The topological polar surface area (TPSA) is 80.1 Å². The SMILES string of the molecule is COCCOc1cc2c(NCc3cccc(C(C)(F)F)c3F)nc(C)nc2cc1C#N. The number of benzene rings is 2. The Bertz CT molecular complexity index is 1140. The minimum atomic E-state index is -3.29. The zero-order valence-electron chi connectivity index (χ0n) is 17.3. The molecule has 1 N–H and O–H groups in total. The van der Waals surface area contributed by atoms with Crippen molar-refractivity contribution < 1.29 is 22.6 Å². The van der Waals surface area contributed by atoms with Crippen LogP contribution in [0.1, 0.15) is 29.4 Å². The van der Waals surface area contributed by atoms with Crippen LogP contribution in [-0.2, 0) is 17.2 Å². The molecule has 162 valence electrons. The maximum absolute atomic E-state index is 14.6. The third kappa shape index (κ3) is 5.03. The van der Waals surface area contributed by atoms with Gasteiger partial charge < -0.3 is 14.8 Å². The molecular weight excluding hydrogens is 409 g/mol. The largest absolute Gasteiger partial charge is 0.490 e. The van der Waals surface area contributed by atoms with Gasteiger partial charge in [-0.05, 0) is 19.1 Å². The molecule has 0 atom stereocenters. The van der Waals surface area contributed by atoms with Gasteiger partial charge in [-0.25, -0.2) is 23.1 Å². The van der Waals surface area contributed by atoms with Crippen LogP contribution in [0.25, 0.3) is 10.9 Å². The molecule has 0 aliphatic heterocycles. The molecule has 0 bridgehead atoms. The number of methoxy groups -OCH3 is 1. The molecule has 1 aromatic heterocycles. The maximum atomic E-state index is 14.6. The molecule has 0 spiro atoms. The number of fused-ring (bicyclic) bond motifs is 1. The summed E-state index contributed by atoms with van der Waals surface area (Å²) in [6.45, 7) is 2.85.